The molecule has 0 aliphatic rings. The maximum Gasteiger partial charge on any atom is 0.162 e. The summed E-state index contributed by atoms with van der Waals surface area (Å²) in [6.07, 6.45) is 1.15. The molecule has 0 saturated carbocycles. The number of rotatable bonds is 2. The first-order chi connectivity index (χ1) is 6.97. The summed E-state index contributed by atoms with van der Waals surface area (Å²) in [5.74, 6) is 0.601. The predicted octanol–water partition coefficient (Wildman–Crippen LogP) is -0.144. The number of aromatic nitrogens is 3. The third-order valence-corrected chi connectivity index (χ3v) is 2.70. The monoisotopic (exact) mass is 226 g/mol. The molecule has 2 rings (SSSR count). The van der Waals surface area contributed by atoms with Crippen LogP contribution < -0.4 is 5.73 Å². The van der Waals surface area contributed by atoms with E-state index < -0.39 is 9.84 Å². The quantitative estimate of drug-likeness (QED) is 0.769. The van der Waals surface area contributed by atoms with E-state index in [-0.39, 0.29) is 5.75 Å². The summed E-state index contributed by atoms with van der Waals surface area (Å²) in [6.45, 7) is 0. The van der Waals surface area contributed by atoms with Gasteiger partial charge < -0.3 is 5.73 Å². The Morgan fingerprint density at radius 3 is 2.80 bits per heavy atom. The molecule has 2 aromatic heterocycles. The molecule has 0 aliphatic carbocycles. The summed E-state index contributed by atoms with van der Waals surface area (Å²) < 4.78 is 23.8. The van der Waals surface area contributed by atoms with E-state index in [0.29, 0.717) is 17.3 Å². The fourth-order valence-electron chi connectivity index (χ4n) is 1.36. The Morgan fingerprint density at radius 2 is 2.13 bits per heavy atom. The summed E-state index contributed by atoms with van der Waals surface area (Å²) in [7, 11) is -3.13. The van der Waals surface area contributed by atoms with E-state index in [1.807, 2.05) is 0 Å². The standard InChI is InChI=1S/C8H10N4O2S/c1-15(13,14)5-8-11-10-7-4-2-3-6(9)12(7)8/h2-4H,5,9H2,1H3. The molecule has 0 radical (unpaired) electrons. The summed E-state index contributed by atoms with van der Waals surface area (Å²) >= 11 is 0. The lowest BCUT2D eigenvalue weighted by atomic mass is 10.4. The third-order valence-electron chi connectivity index (χ3n) is 1.92. The van der Waals surface area contributed by atoms with Crippen molar-refractivity contribution in [2.45, 2.75) is 5.75 Å². The highest BCUT2D eigenvalue weighted by molar-refractivity contribution is 7.89. The second kappa shape index (κ2) is 3.20. The first kappa shape index (κ1) is 9.91. The van der Waals surface area contributed by atoms with Gasteiger partial charge in [-0.2, -0.15) is 0 Å². The van der Waals surface area contributed by atoms with E-state index in [1.54, 1.807) is 18.2 Å². The number of hydrogen-bond acceptors (Lipinski definition) is 5. The fourth-order valence-corrected chi connectivity index (χ4v) is 2.01. The molecule has 0 fully saturated rings. The van der Waals surface area contributed by atoms with Gasteiger partial charge in [-0.05, 0) is 12.1 Å². The van der Waals surface area contributed by atoms with Gasteiger partial charge >= 0.3 is 0 Å². The van der Waals surface area contributed by atoms with Gasteiger partial charge in [0.05, 0.1) is 0 Å². The smallest absolute Gasteiger partial charge is 0.162 e. The van der Waals surface area contributed by atoms with Crippen molar-refractivity contribution < 1.29 is 8.42 Å². The number of nitrogen functional groups attached to an aromatic ring is 1. The Hall–Kier alpha value is -1.63. The molecule has 0 unspecified atom stereocenters. The van der Waals surface area contributed by atoms with E-state index in [2.05, 4.69) is 10.2 Å². The fraction of sp³-hybridized carbons (Fsp3) is 0.250. The van der Waals surface area contributed by atoms with Crippen LogP contribution in [0.2, 0.25) is 0 Å². The topological polar surface area (TPSA) is 90.3 Å². The molecule has 0 aliphatic heterocycles. The lowest BCUT2D eigenvalue weighted by Gasteiger charge is -2.01. The highest BCUT2D eigenvalue weighted by atomic mass is 32.2. The van der Waals surface area contributed by atoms with Crippen molar-refractivity contribution in [3.8, 4) is 0 Å². The van der Waals surface area contributed by atoms with Gasteiger partial charge in [-0.1, -0.05) is 6.07 Å². The van der Waals surface area contributed by atoms with Gasteiger partial charge in [-0.3, -0.25) is 4.40 Å². The van der Waals surface area contributed by atoms with Crippen LogP contribution in [0.15, 0.2) is 18.2 Å². The highest BCUT2D eigenvalue weighted by Gasteiger charge is 2.12. The number of nitrogens with two attached hydrogens (primary N) is 1. The largest absolute Gasteiger partial charge is 0.385 e. The zero-order chi connectivity index (χ0) is 11.1. The lowest BCUT2D eigenvalue weighted by molar-refractivity contribution is 0.599. The van der Waals surface area contributed by atoms with Gasteiger partial charge in [-0.15, -0.1) is 10.2 Å². The van der Waals surface area contributed by atoms with Crippen LogP contribution >= 0.6 is 0 Å². The molecule has 0 aromatic carbocycles. The Labute approximate surface area is 86.7 Å². The number of sulfone groups is 1. The molecule has 0 atom stereocenters. The summed E-state index contributed by atoms with van der Waals surface area (Å²) in [5.41, 5.74) is 6.26. The van der Waals surface area contributed by atoms with Gasteiger partial charge in [0.25, 0.3) is 0 Å². The molecule has 6 nitrogen and oxygen atoms in total. The van der Waals surface area contributed by atoms with Crippen LogP contribution in [0.3, 0.4) is 0 Å². The average molecular weight is 226 g/mol. The summed E-state index contributed by atoms with van der Waals surface area (Å²) in [6, 6.07) is 5.13. The number of anilines is 1. The van der Waals surface area contributed by atoms with Crippen molar-refractivity contribution in [2.24, 2.45) is 0 Å². The molecule has 15 heavy (non-hydrogen) atoms. The summed E-state index contributed by atoms with van der Waals surface area (Å²) in [4.78, 5) is 0. The number of fused-ring (bicyclic) bond motifs is 1. The predicted molar refractivity (Wildman–Crippen MR) is 55.9 cm³/mol. The zero-order valence-electron chi connectivity index (χ0n) is 8.08. The normalized spacial score (nSPS) is 12.1. The van der Waals surface area contributed by atoms with Crippen LogP contribution in [0.4, 0.5) is 5.82 Å². The van der Waals surface area contributed by atoms with Gasteiger partial charge in [0.2, 0.25) is 0 Å². The van der Waals surface area contributed by atoms with Crippen LogP contribution in [-0.2, 0) is 15.6 Å². The lowest BCUT2D eigenvalue weighted by Crippen LogP contribution is -2.07. The second-order valence-corrected chi connectivity index (χ2v) is 5.47. The van der Waals surface area contributed by atoms with Crippen molar-refractivity contribution in [2.75, 3.05) is 12.0 Å². The Balaban J connectivity index is 2.63. The van der Waals surface area contributed by atoms with Gasteiger partial charge in [0.15, 0.2) is 21.3 Å². The first-order valence-electron chi connectivity index (χ1n) is 4.23. The molecule has 80 valence electrons. The zero-order valence-corrected chi connectivity index (χ0v) is 8.90. The molecule has 2 heterocycles. The van der Waals surface area contributed by atoms with Crippen molar-refractivity contribution in [3.05, 3.63) is 24.0 Å². The first-order valence-corrected chi connectivity index (χ1v) is 6.30. The molecule has 0 spiro atoms. The molecule has 2 aromatic rings. The minimum Gasteiger partial charge on any atom is -0.385 e. The van der Waals surface area contributed by atoms with Crippen molar-refractivity contribution in [1.29, 1.82) is 0 Å². The van der Waals surface area contributed by atoms with Crippen molar-refractivity contribution in [3.63, 3.8) is 0 Å². The van der Waals surface area contributed by atoms with Gasteiger partial charge in [-0.25, -0.2) is 8.42 Å². The molecule has 7 heteroatoms. The van der Waals surface area contributed by atoms with E-state index in [4.69, 9.17) is 5.73 Å². The molecule has 2 N–H and O–H groups in total. The Kier molecular flexibility index (Phi) is 2.11. The van der Waals surface area contributed by atoms with E-state index in [1.165, 1.54) is 4.40 Å². The van der Waals surface area contributed by atoms with Crippen molar-refractivity contribution in [1.82, 2.24) is 14.6 Å². The van der Waals surface area contributed by atoms with Crippen LogP contribution in [0.25, 0.3) is 5.65 Å². The number of hydrogen-bond donors (Lipinski definition) is 1. The molecular weight excluding hydrogens is 216 g/mol. The maximum atomic E-state index is 11.1. The maximum absolute atomic E-state index is 11.1. The number of pyridine rings is 1. The van der Waals surface area contributed by atoms with E-state index in [9.17, 15) is 8.42 Å². The Morgan fingerprint density at radius 1 is 1.40 bits per heavy atom. The molecular formula is C8H10N4O2S. The van der Waals surface area contributed by atoms with E-state index in [0.717, 1.165) is 6.26 Å². The second-order valence-electron chi connectivity index (χ2n) is 3.33. The van der Waals surface area contributed by atoms with Crippen LogP contribution in [-0.4, -0.2) is 29.3 Å². The van der Waals surface area contributed by atoms with Crippen LogP contribution in [0.1, 0.15) is 5.82 Å². The average Bonchev–Trinajstić information content (AvgIpc) is 2.47. The van der Waals surface area contributed by atoms with Gasteiger partial charge in [0, 0.05) is 6.26 Å². The summed E-state index contributed by atoms with van der Waals surface area (Å²) in [5, 5.41) is 7.63. The van der Waals surface area contributed by atoms with Crippen molar-refractivity contribution >= 4 is 21.3 Å². The minimum atomic E-state index is -3.13. The SMILES string of the molecule is CS(=O)(=O)Cc1nnc2cccc(N)n12. The van der Waals surface area contributed by atoms with E-state index >= 15 is 0 Å². The highest BCUT2D eigenvalue weighted by Crippen LogP contribution is 2.11. The molecule has 0 saturated heterocycles. The molecule has 0 bridgehead atoms. The van der Waals surface area contributed by atoms with Gasteiger partial charge in [0.1, 0.15) is 11.6 Å². The Bertz CT molecular complexity index is 602. The van der Waals surface area contributed by atoms with Crippen LogP contribution in [0, 0.1) is 0 Å². The third kappa shape index (κ3) is 1.91. The number of nitrogens with zero attached hydrogens (tertiary/aromatic N) is 3. The minimum absolute atomic E-state index is 0.164. The molecule has 0 amide bonds. The van der Waals surface area contributed by atoms with Crippen LogP contribution in [0.5, 0.6) is 0 Å².